The van der Waals surface area contributed by atoms with Crippen molar-refractivity contribution in [3.05, 3.63) is 99.8 Å². The summed E-state index contributed by atoms with van der Waals surface area (Å²) in [4.78, 5) is 27.3. The molecule has 1 amide bonds. The van der Waals surface area contributed by atoms with Gasteiger partial charge >= 0.3 is 0 Å². The van der Waals surface area contributed by atoms with E-state index in [2.05, 4.69) is 10.2 Å². The highest BCUT2D eigenvalue weighted by Gasteiger charge is 2.23. The number of nitrogens with zero attached hydrogens (tertiary/aromatic N) is 4. The van der Waals surface area contributed by atoms with E-state index in [9.17, 15) is 18.4 Å². The molecule has 2 heterocycles. The predicted molar refractivity (Wildman–Crippen MR) is 112 cm³/mol. The fourth-order valence-corrected chi connectivity index (χ4v) is 3.23. The maximum absolute atomic E-state index is 14.2. The largest absolute Gasteiger partial charge is 0.419 e. The van der Waals surface area contributed by atoms with Crippen LogP contribution in [-0.4, -0.2) is 32.6 Å². The molecule has 0 fully saturated rings. The second kappa shape index (κ2) is 8.54. The monoisotopic (exact) mass is 436 g/mol. The summed E-state index contributed by atoms with van der Waals surface area (Å²) in [7, 11) is 1.48. The minimum absolute atomic E-state index is 0.0409. The molecule has 0 N–H and O–H groups in total. The third-order valence-electron chi connectivity index (χ3n) is 4.89. The van der Waals surface area contributed by atoms with Crippen LogP contribution in [0.15, 0.2) is 70.0 Å². The van der Waals surface area contributed by atoms with Gasteiger partial charge in [-0.05, 0) is 42.8 Å². The van der Waals surface area contributed by atoms with E-state index in [1.54, 1.807) is 6.92 Å². The molecule has 0 spiro atoms. The lowest BCUT2D eigenvalue weighted by Crippen LogP contribution is -2.35. The van der Waals surface area contributed by atoms with Gasteiger partial charge in [-0.1, -0.05) is 18.2 Å². The molecule has 0 aliphatic rings. The number of rotatable bonds is 5. The van der Waals surface area contributed by atoms with Crippen molar-refractivity contribution in [3.8, 4) is 17.1 Å². The summed E-state index contributed by atoms with van der Waals surface area (Å²) in [6.45, 7) is 1.55. The van der Waals surface area contributed by atoms with Crippen LogP contribution < -0.4 is 5.56 Å². The molecule has 0 aliphatic carbocycles. The minimum atomic E-state index is -0.789. The van der Waals surface area contributed by atoms with Crippen LogP contribution in [0.2, 0.25) is 0 Å². The van der Waals surface area contributed by atoms with Crippen LogP contribution in [0.3, 0.4) is 0 Å². The number of amides is 1. The van der Waals surface area contributed by atoms with Gasteiger partial charge in [0.1, 0.15) is 17.2 Å². The molecule has 162 valence electrons. The molecule has 0 aliphatic heterocycles. The van der Waals surface area contributed by atoms with E-state index in [-0.39, 0.29) is 23.7 Å². The van der Waals surface area contributed by atoms with E-state index < -0.39 is 23.1 Å². The zero-order chi connectivity index (χ0) is 22.8. The van der Waals surface area contributed by atoms with Crippen LogP contribution in [0.5, 0.6) is 0 Å². The maximum Gasteiger partial charge on any atom is 0.268 e. The van der Waals surface area contributed by atoms with Crippen molar-refractivity contribution in [1.29, 1.82) is 0 Å². The zero-order valence-corrected chi connectivity index (χ0v) is 17.3. The quantitative estimate of drug-likeness (QED) is 0.476. The van der Waals surface area contributed by atoms with Gasteiger partial charge in [0.25, 0.3) is 11.5 Å². The normalized spacial score (nSPS) is 10.9. The van der Waals surface area contributed by atoms with Crippen molar-refractivity contribution in [2.24, 2.45) is 0 Å². The number of aromatic nitrogens is 3. The van der Waals surface area contributed by atoms with Gasteiger partial charge in [0.15, 0.2) is 0 Å². The van der Waals surface area contributed by atoms with Gasteiger partial charge in [-0.25, -0.2) is 8.78 Å². The number of hydrogen-bond donors (Lipinski definition) is 0. The third kappa shape index (κ3) is 4.04. The van der Waals surface area contributed by atoms with Gasteiger partial charge in [-0.15, -0.1) is 10.2 Å². The van der Waals surface area contributed by atoms with Crippen LogP contribution in [-0.2, 0) is 6.54 Å². The number of halogens is 2. The fraction of sp³-hybridized carbons (Fsp3) is 0.130. The summed E-state index contributed by atoms with van der Waals surface area (Å²) in [5, 5.41) is 7.94. The van der Waals surface area contributed by atoms with Crippen molar-refractivity contribution in [1.82, 2.24) is 19.7 Å². The second-order valence-electron chi connectivity index (χ2n) is 7.17. The summed E-state index contributed by atoms with van der Waals surface area (Å²) in [5.74, 6) is -1.61. The molecule has 32 heavy (non-hydrogen) atoms. The van der Waals surface area contributed by atoms with Crippen LogP contribution in [0.25, 0.3) is 17.1 Å². The van der Waals surface area contributed by atoms with E-state index in [1.807, 2.05) is 30.3 Å². The van der Waals surface area contributed by atoms with Crippen LogP contribution in [0, 0.1) is 18.6 Å². The molecule has 2 aromatic carbocycles. The summed E-state index contributed by atoms with van der Waals surface area (Å²) < 4.78 is 34.4. The Morgan fingerprint density at radius 1 is 1.09 bits per heavy atom. The van der Waals surface area contributed by atoms with Gasteiger partial charge in [0.05, 0.1) is 12.2 Å². The lowest BCUT2D eigenvalue weighted by Gasteiger charge is -2.17. The zero-order valence-electron chi connectivity index (χ0n) is 17.3. The van der Waals surface area contributed by atoms with E-state index in [1.165, 1.54) is 24.2 Å². The summed E-state index contributed by atoms with van der Waals surface area (Å²) in [5.41, 5.74) is -0.0750. The van der Waals surface area contributed by atoms with E-state index in [0.29, 0.717) is 11.5 Å². The number of pyridine rings is 1. The van der Waals surface area contributed by atoms with Crippen molar-refractivity contribution >= 4 is 5.91 Å². The lowest BCUT2D eigenvalue weighted by atomic mass is 10.1. The van der Waals surface area contributed by atoms with Gasteiger partial charge in [-0.2, -0.15) is 0 Å². The molecule has 9 heteroatoms. The smallest absolute Gasteiger partial charge is 0.268 e. The molecule has 0 saturated carbocycles. The fourth-order valence-electron chi connectivity index (χ4n) is 3.23. The Morgan fingerprint density at radius 3 is 2.59 bits per heavy atom. The van der Waals surface area contributed by atoms with E-state index >= 15 is 0 Å². The molecule has 0 saturated heterocycles. The van der Waals surface area contributed by atoms with Crippen molar-refractivity contribution in [2.45, 2.75) is 13.5 Å². The first kappa shape index (κ1) is 21.1. The van der Waals surface area contributed by atoms with Gasteiger partial charge in [-0.3, -0.25) is 14.2 Å². The predicted octanol–water partition coefficient (Wildman–Crippen LogP) is 3.75. The SMILES string of the molecule is Cc1ccn(-c2cc(F)ccc2F)c(=O)c1C(=O)N(C)Cc1nnc(-c2ccccc2)o1. The second-order valence-corrected chi connectivity index (χ2v) is 7.17. The summed E-state index contributed by atoms with van der Waals surface area (Å²) >= 11 is 0. The van der Waals surface area contributed by atoms with Crippen LogP contribution in [0.1, 0.15) is 21.8 Å². The summed E-state index contributed by atoms with van der Waals surface area (Å²) in [6.07, 6.45) is 1.30. The first-order chi connectivity index (χ1) is 15.3. The molecule has 4 rings (SSSR count). The Kier molecular flexibility index (Phi) is 5.63. The van der Waals surface area contributed by atoms with Gasteiger partial charge in [0, 0.05) is 24.9 Å². The number of carbonyl (C=O) groups is 1. The van der Waals surface area contributed by atoms with E-state index in [4.69, 9.17) is 4.42 Å². The highest BCUT2D eigenvalue weighted by atomic mass is 19.1. The first-order valence-electron chi connectivity index (χ1n) is 9.66. The molecule has 2 aromatic heterocycles. The minimum Gasteiger partial charge on any atom is -0.419 e. The maximum atomic E-state index is 14.2. The highest BCUT2D eigenvalue weighted by molar-refractivity contribution is 5.95. The van der Waals surface area contributed by atoms with Crippen LogP contribution in [0.4, 0.5) is 8.78 Å². The van der Waals surface area contributed by atoms with E-state index in [0.717, 1.165) is 28.3 Å². The number of carbonyl (C=O) groups excluding carboxylic acids is 1. The Labute approximate surface area is 181 Å². The molecule has 0 bridgehead atoms. The van der Waals surface area contributed by atoms with Crippen molar-refractivity contribution < 1.29 is 18.0 Å². The number of aryl methyl sites for hydroxylation is 1. The highest BCUT2D eigenvalue weighted by Crippen LogP contribution is 2.19. The lowest BCUT2D eigenvalue weighted by molar-refractivity contribution is 0.0770. The molecular weight excluding hydrogens is 418 g/mol. The third-order valence-corrected chi connectivity index (χ3v) is 4.89. The number of benzene rings is 2. The Hall–Kier alpha value is -4.14. The first-order valence-corrected chi connectivity index (χ1v) is 9.66. The number of hydrogen-bond acceptors (Lipinski definition) is 5. The van der Waals surface area contributed by atoms with Crippen molar-refractivity contribution in [3.63, 3.8) is 0 Å². The Morgan fingerprint density at radius 2 is 1.84 bits per heavy atom. The molecular formula is C23H18F2N4O3. The Balaban J connectivity index is 1.63. The summed E-state index contributed by atoms with van der Waals surface area (Å²) in [6, 6.07) is 13.4. The van der Waals surface area contributed by atoms with Crippen LogP contribution >= 0.6 is 0 Å². The molecule has 7 nitrogen and oxygen atoms in total. The topological polar surface area (TPSA) is 81.2 Å². The van der Waals surface area contributed by atoms with Gasteiger partial charge < -0.3 is 9.32 Å². The standard InChI is InChI=1S/C23H18F2N4O3/c1-14-10-11-29(18-12-16(24)8-9-17(18)25)23(31)20(14)22(30)28(2)13-19-26-27-21(32-19)15-6-4-3-5-7-15/h3-12H,13H2,1-2H3. The Bertz CT molecular complexity index is 1350. The molecule has 0 unspecified atom stereocenters. The van der Waals surface area contributed by atoms with Crippen molar-refractivity contribution in [2.75, 3.05) is 7.05 Å². The molecule has 0 atom stereocenters. The average Bonchev–Trinajstić information content (AvgIpc) is 3.25. The van der Waals surface area contributed by atoms with Gasteiger partial charge in [0.2, 0.25) is 11.8 Å². The molecule has 0 radical (unpaired) electrons. The molecule has 4 aromatic rings. The average molecular weight is 436 g/mol.